The quantitative estimate of drug-likeness (QED) is 0.497. The molecule has 2 heterocycles. The molecule has 1 aromatic carbocycles. The number of likely N-dealkylation sites (tertiary alicyclic amines) is 1. The van der Waals surface area contributed by atoms with Crippen molar-refractivity contribution in [3.05, 3.63) is 40.3 Å². The van der Waals surface area contributed by atoms with Crippen LogP contribution in [0, 0.1) is 40.9 Å². The van der Waals surface area contributed by atoms with E-state index >= 15 is 0 Å². The Labute approximate surface area is 224 Å². The summed E-state index contributed by atoms with van der Waals surface area (Å²) in [6.45, 7) is 3.32. The van der Waals surface area contributed by atoms with Crippen molar-refractivity contribution in [2.24, 2.45) is 40.9 Å². The third-order valence-corrected chi connectivity index (χ3v) is 12.7. The molecule has 2 aromatic rings. The molecule has 6 aliphatic carbocycles. The number of benzene rings is 1. The van der Waals surface area contributed by atoms with Crippen LogP contribution < -0.4 is 5.56 Å². The summed E-state index contributed by atoms with van der Waals surface area (Å²) >= 11 is 0. The number of para-hydroxylation sites is 2. The standard InChI is InChI=1S/C32H39N3O3/c1-2-38-30(37)27-29(36)35(23-9-4-3-8-22(23)33-27)24-15-21-16-31-17-32(31)26(25(21)24)28(32)34(31)11-10-20-13-18-6-5-7-19(12-18)14-20/h3-4,8-9,18-21,24-26,28H,2,5-7,10-17H2,1H3/t18?,19?,20?,21-,24?,25-,26?,28-,31?,32?/m0/s1. The first-order valence-corrected chi connectivity index (χ1v) is 15.5. The lowest BCUT2D eigenvalue weighted by Gasteiger charge is -2.51. The van der Waals surface area contributed by atoms with E-state index in [1.807, 2.05) is 28.8 Å². The van der Waals surface area contributed by atoms with Crippen molar-refractivity contribution < 1.29 is 9.53 Å². The zero-order valence-corrected chi connectivity index (χ0v) is 22.5. The van der Waals surface area contributed by atoms with Gasteiger partial charge in [0.25, 0.3) is 5.56 Å². The minimum absolute atomic E-state index is 0.0543. The van der Waals surface area contributed by atoms with Crippen LogP contribution in [-0.2, 0) is 4.74 Å². The highest BCUT2D eigenvalue weighted by molar-refractivity contribution is 5.89. The second-order valence-corrected chi connectivity index (χ2v) is 14.1. The lowest BCUT2D eigenvalue weighted by Crippen LogP contribution is -2.54. The molecule has 200 valence electrons. The molecule has 38 heavy (non-hydrogen) atoms. The Morgan fingerprint density at radius 3 is 2.76 bits per heavy atom. The van der Waals surface area contributed by atoms with Crippen molar-refractivity contribution in [1.82, 2.24) is 14.5 Å². The molecule has 6 nitrogen and oxygen atoms in total. The fourth-order valence-electron chi connectivity index (χ4n) is 11.5. The number of esters is 1. The Morgan fingerprint density at radius 1 is 1.13 bits per heavy atom. The van der Waals surface area contributed by atoms with Gasteiger partial charge in [0, 0.05) is 23.0 Å². The van der Waals surface area contributed by atoms with E-state index in [1.54, 1.807) is 6.92 Å². The van der Waals surface area contributed by atoms with E-state index in [2.05, 4.69) is 9.88 Å². The number of hydrogen-bond acceptors (Lipinski definition) is 5. The number of ether oxygens (including phenoxy) is 1. The normalized spacial score (nSPS) is 45.2. The first kappa shape index (κ1) is 22.6. The number of aromatic nitrogens is 2. The Bertz CT molecular complexity index is 1410. The highest BCUT2D eigenvalue weighted by Crippen LogP contribution is 2.96. The van der Waals surface area contributed by atoms with E-state index in [9.17, 15) is 9.59 Å². The molecule has 6 saturated carbocycles. The van der Waals surface area contributed by atoms with Crippen molar-refractivity contribution in [2.75, 3.05) is 13.2 Å². The van der Waals surface area contributed by atoms with E-state index in [0.717, 1.165) is 47.6 Å². The van der Waals surface area contributed by atoms with Gasteiger partial charge in [-0.1, -0.05) is 31.4 Å². The zero-order chi connectivity index (χ0) is 25.4. The van der Waals surface area contributed by atoms with Crippen molar-refractivity contribution in [3.8, 4) is 0 Å². The zero-order valence-electron chi connectivity index (χ0n) is 22.5. The summed E-state index contributed by atoms with van der Waals surface area (Å²) in [6, 6.07) is 8.76. The molecule has 1 aliphatic heterocycles. The van der Waals surface area contributed by atoms with Crippen LogP contribution in [0.3, 0.4) is 0 Å². The monoisotopic (exact) mass is 513 g/mol. The van der Waals surface area contributed by atoms with Gasteiger partial charge < -0.3 is 9.30 Å². The van der Waals surface area contributed by atoms with Gasteiger partial charge in [0.1, 0.15) is 0 Å². The molecule has 0 N–H and O–H groups in total. The maximum Gasteiger partial charge on any atom is 0.362 e. The summed E-state index contributed by atoms with van der Waals surface area (Å²) in [5, 5.41) is 0. The largest absolute Gasteiger partial charge is 0.461 e. The van der Waals surface area contributed by atoms with Crippen molar-refractivity contribution in [3.63, 3.8) is 0 Å². The molecule has 0 amide bonds. The molecule has 2 bridgehead atoms. The smallest absolute Gasteiger partial charge is 0.362 e. The number of carbonyl (C=O) groups excluding carboxylic acids is 1. The maximum absolute atomic E-state index is 13.7. The van der Waals surface area contributed by atoms with Crippen LogP contribution in [0.25, 0.3) is 11.0 Å². The maximum atomic E-state index is 13.7. The molecule has 1 saturated heterocycles. The second-order valence-electron chi connectivity index (χ2n) is 14.1. The number of carbonyl (C=O) groups is 1. The fraction of sp³-hybridized carbons (Fsp3) is 0.719. The topological polar surface area (TPSA) is 64.4 Å². The van der Waals surface area contributed by atoms with Crippen LogP contribution in [-0.4, -0.2) is 45.2 Å². The van der Waals surface area contributed by atoms with Gasteiger partial charge in [0.15, 0.2) is 0 Å². The molecular formula is C32H39N3O3. The van der Waals surface area contributed by atoms with Gasteiger partial charge in [0.2, 0.25) is 5.69 Å². The summed E-state index contributed by atoms with van der Waals surface area (Å²) < 4.78 is 7.17. The molecule has 7 fully saturated rings. The summed E-state index contributed by atoms with van der Waals surface area (Å²) in [4.78, 5) is 33.8. The summed E-state index contributed by atoms with van der Waals surface area (Å²) in [7, 11) is 0. The van der Waals surface area contributed by atoms with Crippen LogP contribution in [0.1, 0.15) is 87.7 Å². The average molecular weight is 514 g/mol. The molecule has 1 spiro atoms. The van der Waals surface area contributed by atoms with Gasteiger partial charge in [-0.05, 0) is 106 Å². The van der Waals surface area contributed by atoms with Crippen LogP contribution >= 0.6 is 0 Å². The molecular weight excluding hydrogens is 474 g/mol. The lowest BCUT2D eigenvalue weighted by molar-refractivity contribution is -0.0138. The Balaban J connectivity index is 0.984. The molecule has 7 aliphatic rings. The average Bonchev–Trinajstić information content (AvgIpc) is 3.71. The van der Waals surface area contributed by atoms with Crippen molar-refractivity contribution in [1.29, 1.82) is 0 Å². The van der Waals surface area contributed by atoms with Crippen LogP contribution in [0.15, 0.2) is 29.1 Å². The number of piperidine rings is 1. The molecule has 9 atom stereocenters. The highest BCUT2D eigenvalue weighted by Gasteiger charge is 3.01. The molecule has 6 heteroatoms. The number of nitrogens with zero attached hydrogens (tertiary/aromatic N) is 3. The molecule has 6 unspecified atom stereocenters. The van der Waals surface area contributed by atoms with Crippen molar-refractivity contribution >= 4 is 17.0 Å². The second kappa shape index (κ2) is 7.50. The first-order valence-electron chi connectivity index (χ1n) is 15.5. The van der Waals surface area contributed by atoms with Crippen LogP contribution in [0.2, 0.25) is 0 Å². The van der Waals surface area contributed by atoms with E-state index in [-0.39, 0.29) is 23.9 Å². The highest BCUT2D eigenvalue weighted by atomic mass is 16.5. The van der Waals surface area contributed by atoms with Crippen LogP contribution in [0.5, 0.6) is 0 Å². The van der Waals surface area contributed by atoms with Crippen molar-refractivity contribution in [2.45, 2.75) is 88.8 Å². The third kappa shape index (κ3) is 2.66. The van der Waals surface area contributed by atoms with Gasteiger partial charge >= 0.3 is 5.97 Å². The molecule has 1 aromatic heterocycles. The predicted octanol–water partition coefficient (Wildman–Crippen LogP) is 5.20. The van der Waals surface area contributed by atoms with Gasteiger partial charge in [-0.25, -0.2) is 9.78 Å². The number of rotatable bonds is 6. The van der Waals surface area contributed by atoms with E-state index < -0.39 is 5.97 Å². The van der Waals surface area contributed by atoms with E-state index in [1.165, 1.54) is 64.3 Å². The number of hydrogen-bond donors (Lipinski definition) is 0. The van der Waals surface area contributed by atoms with Crippen LogP contribution in [0.4, 0.5) is 0 Å². The minimum Gasteiger partial charge on any atom is -0.461 e. The third-order valence-electron chi connectivity index (χ3n) is 12.7. The summed E-state index contributed by atoms with van der Waals surface area (Å²) in [5.74, 6) is 4.42. The Hall–Kier alpha value is -2.21. The Morgan fingerprint density at radius 2 is 1.95 bits per heavy atom. The Kier molecular flexibility index (Phi) is 4.46. The minimum atomic E-state index is -0.596. The predicted molar refractivity (Wildman–Crippen MR) is 144 cm³/mol. The summed E-state index contributed by atoms with van der Waals surface area (Å²) in [5.41, 5.74) is 2.36. The van der Waals surface area contributed by atoms with E-state index in [4.69, 9.17) is 4.74 Å². The van der Waals surface area contributed by atoms with Gasteiger partial charge in [-0.2, -0.15) is 0 Å². The molecule has 0 radical (unpaired) electrons. The van der Waals surface area contributed by atoms with E-state index in [0.29, 0.717) is 22.4 Å². The fourth-order valence-corrected chi connectivity index (χ4v) is 11.5. The van der Waals surface area contributed by atoms with Gasteiger partial charge in [0.05, 0.1) is 17.6 Å². The van der Waals surface area contributed by atoms with Gasteiger partial charge in [-0.15, -0.1) is 0 Å². The lowest BCUT2D eigenvalue weighted by atomic mass is 9.60. The molecule has 9 rings (SSSR count). The SMILES string of the molecule is CCOC(=O)c1nc2ccccc2n(C2C[C@H]3CC45CC46C([C@H]23)[C@@H]6N5CCC2CC3CCCC(C3)C2)c1=O. The first-order chi connectivity index (χ1) is 18.6. The van der Waals surface area contributed by atoms with Gasteiger partial charge in [-0.3, -0.25) is 9.69 Å². The summed E-state index contributed by atoms with van der Waals surface area (Å²) in [6.07, 6.45) is 14.2. The number of fused-ring (bicyclic) bond motifs is 6.